The molecule has 1 amide bonds. The van der Waals surface area contributed by atoms with Gasteiger partial charge in [0.1, 0.15) is 0 Å². The lowest BCUT2D eigenvalue weighted by molar-refractivity contribution is -0.139. The van der Waals surface area contributed by atoms with Crippen molar-refractivity contribution >= 4 is 15.9 Å². The van der Waals surface area contributed by atoms with Crippen LogP contribution in [0.4, 0.5) is 13.2 Å². The Kier molecular flexibility index (Phi) is 6.97. The number of sulfonamides is 1. The van der Waals surface area contributed by atoms with E-state index in [1.165, 1.54) is 17.9 Å². The SMILES string of the molecule is C[C@H](NS(=O)(=O)c1ccccc1C(F)(F)F)C(=O)N1CCN(Cc2ccncc2)CC1. The third kappa shape index (κ3) is 5.81. The van der Waals surface area contributed by atoms with Crippen molar-refractivity contribution < 1.29 is 26.4 Å². The lowest BCUT2D eigenvalue weighted by Gasteiger charge is -2.36. The van der Waals surface area contributed by atoms with Crippen molar-refractivity contribution in [3.63, 3.8) is 0 Å². The number of halogens is 3. The first kappa shape index (κ1) is 23.2. The molecule has 0 bridgehead atoms. The molecule has 168 valence electrons. The Morgan fingerprint density at radius 2 is 1.71 bits per heavy atom. The summed E-state index contributed by atoms with van der Waals surface area (Å²) < 4.78 is 66.8. The van der Waals surface area contributed by atoms with Crippen LogP contribution in [0.25, 0.3) is 0 Å². The van der Waals surface area contributed by atoms with Crippen molar-refractivity contribution in [2.45, 2.75) is 30.6 Å². The van der Waals surface area contributed by atoms with Crippen LogP contribution in [0.3, 0.4) is 0 Å². The highest BCUT2D eigenvalue weighted by atomic mass is 32.2. The Bertz CT molecular complexity index is 1010. The number of alkyl halides is 3. The monoisotopic (exact) mass is 456 g/mol. The molecule has 0 unspecified atom stereocenters. The fraction of sp³-hybridized carbons (Fsp3) is 0.400. The van der Waals surface area contributed by atoms with E-state index in [2.05, 4.69) is 14.6 Å². The molecule has 31 heavy (non-hydrogen) atoms. The first-order chi connectivity index (χ1) is 14.6. The van der Waals surface area contributed by atoms with Gasteiger partial charge in [-0.2, -0.15) is 17.9 Å². The van der Waals surface area contributed by atoms with Gasteiger partial charge in [0.25, 0.3) is 0 Å². The third-order valence-corrected chi connectivity index (χ3v) is 6.62. The van der Waals surface area contributed by atoms with Crippen LogP contribution in [-0.4, -0.2) is 61.3 Å². The number of benzene rings is 1. The summed E-state index contributed by atoms with van der Waals surface area (Å²) in [7, 11) is -4.54. The molecule has 2 aromatic rings. The first-order valence-corrected chi connectivity index (χ1v) is 11.1. The Morgan fingerprint density at radius 3 is 2.32 bits per heavy atom. The summed E-state index contributed by atoms with van der Waals surface area (Å²) in [5.74, 6) is -0.475. The minimum Gasteiger partial charge on any atom is -0.339 e. The standard InChI is InChI=1S/C20H23F3N4O3S/c1-15(25-31(29,30)18-5-3-2-4-17(18)20(21,22)23)19(28)27-12-10-26(11-13-27)14-16-6-8-24-9-7-16/h2-9,15,25H,10-14H2,1H3/t15-/m0/s1. The van der Waals surface area contributed by atoms with Crippen molar-refractivity contribution in [1.29, 1.82) is 0 Å². The fourth-order valence-electron chi connectivity index (χ4n) is 3.43. The van der Waals surface area contributed by atoms with E-state index in [-0.39, 0.29) is 0 Å². The molecule has 1 fully saturated rings. The average molecular weight is 456 g/mol. The summed E-state index contributed by atoms with van der Waals surface area (Å²) in [5, 5.41) is 0. The van der Waals surface area contributed by atoms with Gasteiger partial charge in [-0.1, -0.05) is 12.1 Å². The third-order valence-electron chi connectivity index (χ3n) is 5.02. The number of piperazine rings is 1. The van der Waals surface area contributed by atoms with E-state index in [1.807, 2.05) is 12.1 Å². The van der Waals surface area contributed by atoms with E-state index in [9.17, 15) is 26.4 Å². The maximum Gasteiger partial charge on any atom is 0.417 e. The molecule has 1 saturated heterocycles. The summed E-state index contributed by atoms with van der Waals surface area (Å²) in [6.07, 6.45) is -1.41. The van der Waals surface area contributed by atoms with E-state index in [0.717, 1.165) is 17.7 Å². The van der Waals surface area contributed by atoms with Gasteiger partial charge < -0.3 is 4.90 Å². The molecule has 1 atom stereocenters. The lowest BCUT2D eigenvalue weighted by atomic mass is 10.2. The molecule has 1 aliphatic heterocycles. The molecule has 11 heteroatoms. The van der Waals surface area contributed by atoms with E-state index < -0.39 is 38.6 Å². The molecule has 1 aromatic carbocycles. The normalized spacial score (nSPS) is 16.8. The number of carbonyl (C=O) groups excluding carboxylic acids is 1. The number of hydrogen-bond acceptors (Lipinski definition) is 5. The number of nitrogens with one attached hydrogen (secondary N) is 1. The predicted molar refractivity (Wildman–Crippen MR) is 107 cm³/mol. The number of amides is 1. The number of aromatic nitrogens is 1. The van der Waals surface area contributed by atoms with Crippen molar-refractivity contribution in [1.82, 2.24) is 19.5 Å². The molecule has 1 aromatic heterocycles. The van der Waals surface area contributed by atoms with Crippen molar-refractivity contribution in [3.05, 3.63) is 59.9 Å². The second kappa shape index (κ2) is 9.33. The van der Waals surface area contributed by atoms with Crippen LogP contribution in [-0.2, 0) is 27.5 Å². The van der Waals surface area contributed by atoms with E-state index in [1.54, 1.807) is 12.4 Å². The van der Waals surface area contributed by atoms with Crippen LogP contribution in [0, 0.1) is 0 Å². The molecule has 1 aliphatic rings. The molecular formula is C20H23F3N4O3S. The number of hydrogen-bond donors (Lipinski definition) is 1. The second-order valence-corrected chi connectivity index (χ2v) is 8.98. The van der Waals surface area contributed by atoms with Gasteiger partial charge in [-0.05, 0) is 36.8 Å². The van der Waals surface area contributed by atoms with Crippen LogP contribution >= 0.6 is 0 Å². The molecule has 3 rings (SSSR count). The zero-order valence-corrected chi connectivity index (χ0v) is 17.7. The number of carbonyl (C=O) groups is 1. The van der Waals surface area contributed by atoms with E-state index in [0.29, 0.717) is 38.8 Å². The largest absolute Gasteiger partial charge is 0.417 e. The van der Waals surface area contributed by atoms with Gasteiger partial charge in [0.15, 0.2) is 0 Å². The molecule has 7 nitrogen and oxygen atoms in total. The highest BCUT2D eigenvalue weighted by Crippen LogP contribution is 2.33. The summed E-state index contributed by atoms with van der Waals surface area (Å²) in [5.41, 5.74) is -0.175. The van der Waals surface area contributed by atoms with Gasteiger partial charge in [-0.3, -0.25) is 14.7 Å². The van der Waals surface area contributed by atoms with E-state index >= 15 is 0 Å². The van der Waals surface area contributed by atoms with Gasteiger partial charge in [0.2, 0.25) is 15.9 Å². The molecule has 0 saturated carbocycles. The molecular weight excluding hydrogens is 433 g/mol. The number of rotatable bonds is 6. The van der Waals surface area contributed by atoms with Crippen LogP contribution in [0.2, 0.25) is 0 Å². The van der Waals surface area contributed by atoms with Crippen LogP contribution in [0.15, 0.2) is 53.7 Å². The second-order valence-electron chi connectivity index (χ2n) is 7.29. The minimum atomic E-state index is -4.83. The van der Waals surface area contributed by atoms with Crippen LogP contribution < -0.4 is 4.72 Å². The summed E-state index contributed by atoms with van der Waals surface area (Å²) in [6, 6.07) is 6.52. The quantitative estimate of drug-likeness (QED) is 0.720. The first-order valence-electron chi connectivity index (χ1n) is 9.66. The average Bonchev–Trinajstić information content (AvgIpc) is 2.73. The van der Waals surface area contributed by atoms with Gasteiger partial charge in [0.05, 0.1) is 16.5 Å². The predicted octanol–water partition coefficient (Wildman–Crippen LogP) is 2.11. The lowest BCUT2D eigenvalue weighted by Crippen LogP contribution is -2.53. The van der Waals surface area contributed by atoms with Gasteiger partial charge in [-0.15, -0.1) is 0 Å². The number of nitrogens with zero attached hydrogens (tertiary/aromatic N) is 3. The Balaban J connectivity index is 1.61. The highest BCUT2D eigenvalue weighted by molar-refractivity contribution is 7.89. The molecule has 0 spiro atoms. The summed E-state index contributed by atoms with van der Waals surface area (Å²) >= 11 is 0. The smallest absolute Gasteiger partial charge is 0.339 e. The molecule has 0 aliphatic carbocycles. The summed E-state index contributed by atoms with van der Waals surface area (Å²) in [4.78, 5) is 19.5. The minimum absolute atomic E-state index is 0.398. The number of pyridine rings is 1. The van der Waals surface area contributed by atoms with E-state index in [4.69, 9.17) is 0 Å². The maximum atomic E-state index is 13.2. The zero-order chi connectivity index (χ0) is 22.6. The Labute approximate surface area is 178 Å². The van der Waals surface area contributed by atoms with Crippen LogP contribution in [0.1, 0.15) is 18.1 Å². The van der Waals surface area contributed by atoms with Crippen molar-refractivity contribution in [3.8, 4) is 0 Å². The summed E-state index contributed by atoms with van der Waals surface area (Å²) in [6.45, 7) is 4.04. The topological polar surface area (TPSA) is 82.6 Å². The van der Waals surface area contributed by atoms with Crippen molar-refractivity contribution in [2.24, 2.45) is 0 Å². The molecule has 0 radical (unpaired) electrons. The highest BCUT2D eigenvalue weighted by Gasteiger charge is 2.38. The van der Waals surface area contributed by atoms with Gasteiger partial charge in [-0.25, -0.2) is 8.42 Å². The van der Waals surface area contributed by atoms with Crippen molar-refractivity contribution in [2.75, 3.05) is 26.2 Å². The zero-order valence-electron chi connectivity index (χ0n) is 16.8. The molecule has 1 N–H and O–H groups in total. The maximum absolute atomic E-state index is 13.2. The Hall–Kier alpha value is -2.50. The van der Waals surface area contributed by atoms with Crippen LogP contribution in [0.5, 0.6) is 0 Å². The van der Waals surface area contributed by atoms with Gasteiger partial charge >= 0.3 is 6.18 Å². The molecule has 2 heterocycles. The van der Waals surface area contributed by atoms with Gasteiger partial charge in [0, 0.05) is 45.1 Å². The fourth-order valence-corrected chi connectivity index (χ4v) is 4.85. The Morgan fingerprint density at radius 1 is 1.10 bits per heavy atom.